The van der Waals surface area contributed by atoms with Gasteiger partial charge >= 0.3 is 0 Å². The molecular weight excluding hydrogens is 504 g/mol. The van der Waals surface area contributed by atoms with Crippen molar-refractivity contribution in [2.75, 3.05) is 16.0 Å². The van der Waals surface area contributed by atoms with Gasteiger partial charge in [-0.2, -0.15) is 0 Å². The average Bonchev–Trinajstić information content (AvgIpc) is 2.59. The molecule has 0 aromatic heterocycles. The van der Waals surface area contributed by atoms with E-state index in [9.17, 15) is 0 Å². The zero-order chi connectivity index (χ0) is 17.5. The van der Waals surface area contributed by atoms with Crippen molar-refractivity contribution in [3.63, 3.8) is 0 Å². The fourth-order valence-electron chi connectivity index (χ4n) is 2.76. The summed E-state index contributed by atoms with van der Waals surface area (Å²) in [6.07, 6.45) is 13.5. The molecule has 0 aliphatic carbocycles. The smallest absolute Gasteiger partial charge is 0.163 e. The molecule has 1 rings (SSSR count). The lowest BCUT2D eigenvalue weighted by Crippen LogP contribution is -2.40. The van der Waals surface area contributed by atoms with Gasteiger partial charge in [-0.05, 0) is 57.8 Å². The van der Waals surface area contributed by atoms with Gasteiger partial charge in [-0.15, -0.1) is 0 Å². The molecule has 6 heteroatoms. The highest BCUT2D eigenvalue weighted by atomic mass is 79.9. The largest absolute Gasteiger partial charge is 0.324 e. The number of hydrogen-bond donors (Lipinski definition) is 0. The van der Waals surface area contributed by atoms with E-state index >= 15 is 0 Å². The lowest BCUT2D eigenvalue weighted by molar-refractivity contribution is -0.386. The molecule has 144 valence electrons. The summed E-state index contributed by atoms with van der Waals surface area (Å²) in [7, 11) is 0. The highest BCUT2D eigenvalue weighted by Gasteiger charge is 2.29. The number of ether oxygens (including phenoxy) is 3. The Morgan fingerprint density at radius 3 is 0.958 bits per heavy atom. The highest BCUT2D eigenvalue weighted by molar-refractivity contribution is 9.09. The molecule has 0 atom stereocenters. The summed E-state index contributed by atoms with van der Waals surface area (Å²) in [6, 6.07) is 0. The van der Waals surface area contributed by atoms with Crippen molar-refractivity contribution in [3.05, 3.63) is 0 Å². The maximum Gasteiger partial charge on any atom is 0.163 e. The normalized spacial score (nSPS) is 24.4. The fourth-order valence-corrected chi connectivity index (χ4v) is 3.95. The zero-order valence-corrected chi connectivity index (χ0v) is 19.5. The van der Waals surface area contributed by atoms with Gasteiger partial charge in [0, 0.05) is 16.0 Å². The summed E-state index contributed by atoms with van der Waals surface area (Å²) in [6.45, 7) is 0. The van der Waals surface area contributed by atoms with Gasteiger partial charge in [0.15, 0.2) is 18.9 Å². The minimum atomic E-state index is -0.0866. The summed E-state index contributed by atoms with van der Waals surface area (Å²) >= 11 is 10.5. The van der Waals surface area contributed by atoms with Crippen LogP contribution in [0, 0.1) is 0 Å². The molecule has 0 radical (unpaired) electrons. The van der Waals surface area contributed by atoms with Gasteiger partial charge < -0.3 is 14.2 Å². The first kappa shape index (κ1) is 23.4. The van der Waals surface area contributed by atoms with Crippen molar-refractivity contribution in [2.24, 2.45) is 0 Å². The van der Waals surface area contributed by atoms with Crippen LogP contribution in [0.5, 0.6) is 0 Å². The molecule has 1 aliphatic heterocycles. The Morgan fingerprint density at radius 1 is 0.417 bits per heavy atom. The predicted octanol–water partition coefficient (Wildman–Crippen LogP) is 6.89. The van der Waals surface area contributed by atoms with E-state index in [4.69, 9.17) is 14.2 Å². The SMILES string of the molecule is BrCCCCCC1OC(CCCCCBr)OC(CCCCCBr)O1. The number of halogens is 3. The molecule has 0 unspecified atom stereocenters. The Kier molecular flexibility index (Phi) is 16.1. The number of hydrogen-bond acceptors (Lipinski definition) is 3. The van der Waals surface area contributed by atoms with Crippen LogP contribution in [-0.2, 0) is 14.2 Å². The summed E-state index contributed by atoms with van der Waals surface area (Å²) in [5.41, 5.74) is 0. The minimum Gasteiger partial charge on any atom is -0.324 e. The number of rotatable bonds is 15. The summed E-state index contributed by atoms with van der Waals surface area (Å²) in [5.74, 6) is 0. The molecule has 0 saturated carbocycles. The van der Waals surface area contributed by atoms with Crippen molar-refractivity contribution < 1.29 is 14.2 Å². The molecule has 0 N–H and O–H groups in total. The van der Waals surface area contributed by atoms with Crippen LogP contribution in [0.3, 0.4) is 0 Å². The van der Waals surface area contributed by atoms with Gasteiger partial charge in [-0.1, -0.05) is 67.1 Å². The molecule has 1 saturated heterocycles. The molecule has 1 fully saturated rings. The van der Waals surface area contributed by atoms with Gasteiger partial charge in [-0.25, -0.2) is 0 Å². The van der Waals surface area contributed by atoms with Crippen molar-refractivity contribution in [2.45, 2.75) is 95.9 Å². The van der Waals surface area contributed by atoms with Gasteiger partial charge in [0.1, 0.15) is 0 Å². The minimum absolute atomic E-state index is 0.0866. The molecule has 0 bridgehead atoms. The molecular formula is C18H33Br3O3. The van der Waals surface area contributed by atoms with E-state index in [-0.39, 0.29) is 18.9 Å². The molecule has 0 aromatic rings. The Morgan fingerprint density at radius 2 is 0.708 bits per heavy atom. The van der Waals surface area contributed by atoms with Crippen LogP contribution in [-0.4, -0.2) is 34.9 Å². The van der Waals surface area contributed by atoms with Crippen LogP contribution < -0.4 is 0 Å². The van der Waals surface area contributed by atoms with Crippen molar-refractivity contribution >= 4 is 47.8 Å². The van der Waals surface area contributed by atoms with E-state index in [1.807, 2.05) is 0 Å². The Balaban J connectivity index is 2.33. The van der Waals surface area contributed by atoms with Crippen molar-refractivity contribution in [3.8, 4) is 0 Å². The maximum atomic E-state index is 6.03. The van der Waals surface area contributed by atoms with Crippen molar-refractivity contribution in [1.82, 2.24) is 0 Å². The van der Waals surface area contributed by atoms with E-state index in [1.165, 1.54) is 38.5 Å². The van der Waals surface area contributed by atoms with Crippen molar-refractivity contribution in [1.29, 1.82) is 0 Å². The molecule has 1 aliphatic rings. The molecule has 0 spiro atoms. The summed E-state index contributed by atoms with van der Waals surface area (Å²) in [5, 5.41) is 3.23. The van der Waals surface area contributed by atoms with Crippen LogP contribution in [0.25, 0.3) is 0 Å². The third-order valence-electron chi connectivity index (χ3n) is 4.13. The van der Waals surface area contributed by atoms with E-state index < -0.39 is 0 Å². The van der Waals surface area contributed by atoms with Gasteiger partial charge in [0.2, 0.25) is 0 Å². The molecule has 24 heavy (non-hydrogen) atoms. The highest BCUT2D eigenvalue weighted by Crippen LogP contribution is 2.26. The van der Waals surface area contributed by atoms with Gasteiger partial charge in [0.25, 0.3) is 0 Å². The fraction of sp³-hybridized carbons (Fsp3) is 1.00. The number of unbranched alkanes of at least 4 members (excludes halogenated alkanes) is 6. The lowest BCUT2D eigenvalue weighted by Gasteiger charge is -2.36. The average molecular weight is 537 g/mol. The first-order valence-electron chi connectivity index (χ1n) is 9.44. The van der Waals surface area contributed by atoms with Gasteiger partial charge in [0.05, 0.1) is 0 Å². The third kappa shape index (κ3) is 11.8. The second-order valence-electron chi connectivity index (χ2n) is 6.31. The topological polar surface area (TPSA) is 27.7 Å². The molecule has 3 nitrogen and oxygen atoms in total. The molecule has 0 amide bonds. The number of alkyl halides is 3. The second-order valence-corrected chi connectivity index (χ2v) is 8.69. The monoisotopic (exact) mass is 534 g/mol. The molecule has 0 aromatic carbocycles. The Labute approximate surface area is 173 Å². The first-order chi connectivity index (χ1) is 11.8. The zero-order valence-electron chi connectivity index (χ0n) is 14.7. The van der Waals surface area contributed by atoms with Gasteiger partial charge in [-0.3, -0.25) is 0 Å². The van der Waals surface area contributed by atoms with E-state index in [0.29, 0.717) is 0 Å². The summed E-state index contributed by atoms with van der Waals surface area (Å²) in [4.78, 5) is 0. The van der Waals surface area contributed by atoms with Crippen LogP contribution in [0.15, 0.2) is 0 Å². The van der Waals surface area contributed by atoms with Crippen LogP contribution >= 0.6 is 47.8 Å². The second kappa shape index (κ2) is 16.5. The predicted molar refractivity (Wildman–Crippen MR) is 111 cm³/mol. The lowest BCUT2D eigenvalue weighted by atomic mass is 10.1. The van der Waals surface area contributed by atoms with E-state index in [1.54, 1.807) is 0 Å². The standard InChI is InChI=1S/C18H33Br3O3/c19-13-7-1-4-10-16-22-17(11-5-2-8-14-20)24-18(23-16)12-6-3-9-15-21/h16-18H,1-15H2. The van der Waals surface area contributed by atoms with Crippen LogP contribution in [0.4, 0.5) is 0 Å². The quantitative estimate of drug-likeness (QED) is 0.168. The Hall–Kier alpha value is 1.32. The third-order valence-corrected chi connectivity index (χ3v) is 5.81. The van der Waals surface area contributed by atoms with E-state index in [0.717, 1.165) is 54.5 Å². The first-order valence-corrected chi connectivity index (χ1v) is 12.8. The van der Waals surface area contributed by atoms with E-state index in [2.05, 4.69) is 47.8 Å². The Bertz CT molecular complexity index is 233. The maximum absolute atomic E-state index is 6.03. The molecule has 1 heterocycles. The summed E-state index contributed by atoms with van der Waals surface area (Å²) < 4.78 is 18.1. The van der Waals surface area contributed by atoms with Crippen LogP contribution in [0.1, 0.15) is 77.0 Å². The van der Waals surface area contributed by atoms with Crippen LogP contribution in [0.2, 0.25) is 0 Å².